The molecule has 2 N–H and O–H groups in total. The first kappa shape index (κ1) is 21.4. The van der Waals surface area contributed by atoms with E-state index in [1.807, 2.05) is 4.90 Å². The summed E-state index contributed by atoms with van der Waals surface area (Å²) in [5.74, 6) is 0.559. The summed E-state index contributed by atoms with van der Waals surface area (Å²) in [5, 5.41) is 4.85. The van der Waals surface area contributed by atoms with Crippen LogP contribution in [0.5, 0.6) is 5.88 Å². The van der Waals surface area contributed by atoms with Gasteiger partial charge in [0.25, 0.3) is 5.56 Å². The molecule has 0 saturated carbocycles. The zero-order valence-electron chi connectivity index (χ0n) is 17.0. The molecule has 4 heterocycles. The molecular weight excluding hydrogens is 423 g/mol. The molecule has 0 spiro atoms. The van der Waals surface area contributed by atoms with Gasteiger partial charge in [-0.1, -0.05) is 0 Å². The Balaban J connectivity index is 1.70. The number of carbonyl (C=O) groups excluding carboxylic acids is 1. The van der Waals surface area contributed by atoms with Crippen molar-refractivity contribution in [1.29, 1.82) is 0 Å². The van der Waals surface area contributed by atoms with Gasteiger partial charge in [-0.3, -0.25) is 9.59 Å². The highest BCUT2D eigenvalue weighted by Gasteiger charge is 2.25. The Morgan fingerprint density at radius 2 is 2.13 bits per heavy atom. The molecule has 3 aromatic rings. The fourth-order valence-corrected chi connectivity index (χ4v) is 4.44. The Morgan fingerprint density at radius 1 is 1.35 bits per heavy atom. The number of anilines is 1. The lowest BCUT2D eigenvalue weighted by molar-refractivity contribution is 0.0911. The van der Waals surface area contributed by atoms with Crippen LogP contribution in [-0.4, -0.2) is 56.8 Å². The summed E-state index contributed by atoms with van der Waals surface area (Å²) >= 11 is 0. The molecule has 0 unspecified atom stereocenters. The van der Waals surface area contributed by atoms with Gasteiger partial charge >= 0.3 is 5.91 Å². The third-order valence-corrected chi connectivity index (χ3v) is 6.17. The van der Waals surface area contributed by atoms with Gasteiger partial charge in [-0.15, -0.1) is 0 Å². The monoisotopic (exact) mass is 446 g/mol. The second-order valence-electron chi connectivity index (χ2n) is 7.41. The van der Waals surface area contributed by atoms with E-state index in [0.29, 0.717) is 47.6 Å². The number of nitrogens with zero attached hydrogens (tertiary/aromatic N) is 4. The predicted molar refractivity (Wildman–Crippen MR) is 115 cm³/mol. The van der Waals surface area contributed by atoms with Crippen LogP contribution in [0.15, 0.2) is 39.9 Å². The number of hydrogen-bond acceptors (Lipinski definition) is 9. The van der Waals surface area contributed by atoms with E-state index < -0.39 is 19.8 Å². The number of pyridine rings is 1. The van der Waals surface area contributed by atoms with Gasteiger partial charge in [0.05, 0.1) is 25.0 Å². The summed E-state index contributed by atoms with van der Waals surface area (Å²) in [6, 6.07) is 4.66. The smallest absolute Gasteiger partial charge is 0.317 e. The van der Waals surface area contributed by atoms with Crippen molar-refractivity contribution >= 4 is 30.9 Å². The Labute approximate surface area is 179 Å². The lowest BCUT2D eigenvalue weighted by atomic mass is 9.94. The SMILES string of the molecule is COc1cc2cnn(C(=O)c3ccco3)c(=O)c2c(N2CCC(CCP(O)O)CC2)n1. The van der Waals surface area contributed by atoms with Crippen LogP contribution in [0, 0.1) is 5.92 Å². The summed E-state index contributed by atoms with van der Waals surface area (Å²) in [6.07, 6.45) is 5.65. The molecule has 1 aliphatic heterocycles. The van der Waals surface area contributed by atoms with E-state index in [9.17, 15) is 9.59 Å². The number of fused-ring (bicyclic) bond motifs is 1. The molecule has 1 saturated heterocycles. The summed E-state index contributed by atoms with van der Waals surface area (Å²) in [5.41, 5.74) is -0.572. The molecule has 4 rings (SSSR count). The van der Waals surface area contributed by atoms with Gasteiger partial charge in [-0.25, -0.2) is 0 Å². The summed E-state index contributed by atoms with van der Waals surface area (Å²) in [6.45, 7) is 1.31. The van der Waals surface area contributed by atoms with Gasteiger partial charge in [0.1, 0.15) is 5.82 Å². The minimum absolute atomic E-state index is 0.0190. The van der Waals surface area contributed by atoms with Crippen molar-refractivity contribution < 1.29 is 23.7 Å². The first-order valence-electron chi connectivity index (χ1n) is 9.93. The van der Waals surface area contributed by atoms with E-state index >= 15 is 0 Å². The molecule has 0 radical (unpaired) electrons. The van der Waals surface area contributed by atoms with Crippen LogP contribution in [-0.2, 0) is 0 Å². The minimum Gasteiger partial charge on any atom is -0.481 e. The number of methoxy groups -OCH3 is 1. The van der Waals surface area contributed by atoms with Gasteiger partial charge in [-0.05, 0) is 37.3 Å². The van der Waals surface area contributed by atoms with Crippen molar-refractivity contribution in [3.63, 3.8) is 0 Å². The molecule has 0 aromatic carbocycles. The predicted octanol–water partition coefficient (Wildman–Crippen LogP) is 1.98. The van der Waals surface area contributed by atoms with Crippen LogP contribution < -0.4 is 15.2 Å². The van der Waals surface area contributed by atoms with Crippen molar-refractivity contribution in [3.05, 3.63) is 46.8 Å². The summed E-state index contributed by atoms with van der Waals surface area (Å²) < 4.78 is 11.2. The van der Waals surface area contributed by atoms with Crippen LogP contribution >= 0.6 is 8.38 Å². The van der Waals surface area contributed by atoms with Gasteiger partial charge in [-0.2, -0.15) is 14.8 Å². The van der Waals surface area contributed by atoms with E-state index in [2.05, 4.69) is 10.1 Å². The fraction of sp³-hybridized carbons (Fsp3) is 0.400. The number of piperidine rings is 1. The number of aromatic nitrogens is 3. The Hall–Kier alpha value is -2.81. The lowest BCUT2D eigenvalue weighted by Gasteiger charge is -2.33. The minimum atomic E-state index is -1.87. The maximum Gasteiger partial charge on any atom is 0.317 e. The van der Waals surface area contributed by atoms with E-state index in [0.717, 1.165) is 23.9 Å². The van der Waals surface area contributed by atoms with Gasteiger partial charge < -0.3 is 23.8 Å². The Kier molecular flexibility index (Phi) is 6.31. The molecule has 31 heavy (non-hydrogen) atoms. The molecule has 1 aliphatic rings. The van der Waals surface area contributed by atoms with Crippen molar-refractivity contribution in [1.82, 2.24) is 14.8 Å². The van der Waals surface area contributed by atoms with E-state index in [4.69, 9.17) is 18.9 Å². The molecule has 0 amide bonds. The van der Waals surface area contributed by atoms with Crippen molar-refractivity contribution in [2.45, 2.75) is 19.3 Å². The highest BCUT2D eigenvalue weighted by Crippen LogP contribution is 2.33. The number of hydrogen-bond donors (Lipinski definition) is 2. The molecule has 164 valence electrons. The average Bonchev–Trinajstić information content (AvgIpc) is 3.32. The van der Waals surface area contributed by atoms with Crippen LogP contribution in [0.2, 0.25) is 0 Å². The van der Waals surface area contributed by atoms with Gasteiger partial charge in [0, 0.05) is 30.7 Å². The quantitative estimate of drug-likeness (QED) is 0.546. The topological polar surface area (TPSA) is 131 Å². The number of ether oxygens (including phenoxy) is 1. The highest BCUT2D eigenvalue weighted by molar-refractivity contribution is 7.45. The highest BCUT2D eigenvalue weighted by atomic mass is 31.2. The molecule has 1 fully saturated rings. The largest absolute Gasteiger partial charge is 0.481 e. The normalized spacial score (nSPS) is 15.0. The molecular formula is C20H23N4O6P. The summed E-state index contributed by atoms with van der Waals surface area (Å²) in [7, 11) is -0.372. The second-order valence-corrected chi connectivity index (χ2v) is 8.60. The maximum absolute atomic E-state index is 13.2. The third kappa shape index (κ3) is 4.46. The fourth-order valence-electron chi connectivity index (χ4n) is 3.84. The van der Waals surface area contributed by atoms with E-state index in [1.54, 1.807) is 12.1 Å². The zero-order chi connectivity index (χ0) is 22.0. The lowest BCUT2D eigenvalue weighted by Crippen LogP contribution is -2.36. The van der Waals surface area contributed by atoms with Crippen LogP contribution in [0.25, 0.3) is 10.8 Å². The number of carbonyl (C=O) groups is 1. The number of furan rings is 1. The van der Waals surface area contributed by atoms with Crippen molar-refractivity contribution in [2.75, 3.05) is 31.3 Å². The maximum atomic E-state index is 13.2. The zero-order valence-corrected chi connectivity index (χ0v) is 17.9. The molecule has 10 nitrogen and oxygen atoms in total. The number of rotatable bonds is 6. The molecule has 11 heteroatoms. The molecule has 0 atom stereocenters. The van der Waals surface area contributed by atoms with Crippen molar-refractivity contribution in [3.8, 4) is 5.88 Å². The Morgan fingerprint density at radius 3 is 2.77 bits per heavy atom. The second kappa shape index (κ2) is 9.13. The molecule has 0 bridgehead atoms. The first-order chi connectivity index (χ1) is 15.0. The molecule has 0 aliphatic carbocycles. The van der Waals surface area contributed by atoms with Crippen LogP contribution in [0.3, 0.4) is 0 Å². The van der Waals surface area contributed by atoms with Gasteiger partial charge in [0.15, 0.2) is 14.1 Å². The summed E-state index contributed by atoms with van der Waals surface area (Å²) in [4.78, 5) is 50.8. The molecule has 3 aromatic heterocycles. The Bertz CT molecular complexity index is 1120. The standard InChI is InChI=1S/C20H23N4O6P/c1-29-16-11-14-12-21-24(19(25)15-3-2-9-30-15)20(26)17(14)18(22-16)23-7-4-13(5-8-23)6-10-31(27)28/h2-3,9,11-13,27-28H,4-8,10H2,1H3. The third-order valence-electron chi connectivity index (χ3n) is 5.51. The van der Waals surface area contributed by atoms with E-state index in [-0.39, 0.29) is 5.76 Å². The average molecular weight is 446 g/mol. The van der Waals surface area contributed by atoms with Crippen LogP contribution in [0.4, 0.5) is 5.82 Å². The van der Waals surface area contributed by atoms with Gasteiger partial charge in [0.2, 0.25) is 5.88 Å². The van der Waals surface area contributed by atoms with Crippen molar-refractivity contribution in [2.24, 2.45) is 5.92 Å². The van der Waals surface area contributed by atoms with E-state index in [1.165, 1.54) is 25.6 Å². The van der Waals surface area contributed by atoms with Crippen LogP contribution in [0.1, 0.15) is 29.8 Å². The first-order valence-corrected chi connectivity index (χ1v) is 11.4.